The number of fused-ring (bicyclic) bond motifs is 2. The van der Waals surface area contributed by atoms with Gasteiger partial charge in [-0.1, -0.05) is 36.4 Å². The molecule has 0 unspecified atom stereocenters. The van der Waals surface area contributed by atoms with Crippen molar-refractivity contribution in [2.45, 2.75) is 18.3 Å². The summed E-state index contributed by atoms with van der Waals surface area (Å²) in [5, 5.41) is 29.6. The number of benzene rings is 1. The number of hydrogen-bond acceptors (Lipinski definition) is 3. The second kappa shape index (κ2) is 3.28. The van der Waals surface area contributed by atoms with Crippen LogP contribution in [0.4, 0.5) is 0 Å². The van der Waals surface area contributed by atoms with E-state index >= 15 is 0 Å². The molecule has 0 radical (unpaired) electrons. The first-order valence-electron chi connectivity index (χ1n) is 5.26. The summed E-state index contributed by atoms with van der Waals surface area (Å²) in [4.78, 5) is 0. The number of aliphatic hydroxyl groups excluding tert-OH is 3. The zero-order valence-electron chi connectivity index (χ0n) is 8.54. The van der Waals surface area contributed by atoms with Crippen molar-refractivity contribution in [2.24, 2.45) is 0 Å². The molecule has 1 aromatic rings. The number of aliphatic hydroxyl groups is 3. The number of hydrogen-bond donors (Lipinski definition) is 3. The molecule has 0 saturated heterocycles. The van der Waals surface area contributed by atoms with Gasteiger partial charge in [-0.05, 0) is 22.3 Å². The van der Waals surface area contributed by atoms with Gasteiger partial charge in [-0.25, -0.2) is 0 Å². The Labute approximate surface area is 93.0 Å². The van der Waals surface area contributed by atoms with E-state index in [4.69, 9.17) is 0 Å². The van der Waals surface area contributed by atoms with Crippen LogP contribution in [0.5, 0.6) is 0 Å². The van der Waals surface area contributed by atoms with Crippen LogP contribution in [0.25, 0.3) is 5.57 Å². The van der Waals surface area contributed by atoms with E-state index in [0.717, 1.165) is 11.1 Å². The fourth-order valence-corrected chi connectivity index (χ4v) is 2.44. The molecule has 0 aromatic heterocycles. The van der Waals surface area contributed by atoms with Crippen LogP contribution in [0, 0.1) is 0 Å². The Morgan fingerprint density at radius 3 is 2.56 bits per heavy atom. The zero-order valence-corrected chi connectivity index (χ0v) is 8.54. The molecule has 0 amide bonds. The Morgan fingerprint density at radius 1 is 1.00 bits per heavy atom. The lowest BCUT2D eigenvalue weighted by Gasteiger charge is -2.22. The SMILES string of the molecule is O[C@@H]1C2=C(c3ccccc31)[C@@H](O)[C@@H](O)C=C2. The predicted octanol–water partition coefficient (Wildman–Crippen LogP) is 0.779. The van der Waals surface area contributed by atoms with E-state index in [0.29, 0.717) is 11.1 Å². The largest absolute Gasteiger partial charge is 0.386 e. The van der Waals surface area contributed by atoms with E-state index in [-0.39, 0.29) is 0 Å². The van der Waals surface area contributed by atoms with Gasteiger partial charge < -0.3 is 15.3 Å². The minimum atomic E-state index is -0.946. The maximum atomic E-state index is 10.1. The molecule has 3 rings (SSSR count). The fourth-order valence-electron chi connectivity index (χ4n) is 2.44. The lowest BCUT2D eigenvalue weighted by molar-refractivity contribution is 0.0847. The molecule has 0 saturated carbocycles. The highest BCUT2D eigenvalue weighted by molar-refractivity contribution is 5.83. The lowest BCUT2D eigenvalue weighted by Crippen LogP contribution is -2.27. The van der Waals surface area contributed by atoms with Crippen molar-refractivity contribution in [1.29, 1.82) is 0 Å². The molecule has 2 aliphatic carbocycles. The van der Waals surface area contributed by atoms with Crippen LogP contribution >= 0.6 is 0 Å². The monoisotopic (exact) mass is 216 g/mol. The topological polar surface area (TPSA) is 60.7 Å². The van der Waals surface area contributed by atoms with Gasteiger partial charge in [0.2, 0.25) is 0 Å². The summed E-state index contributed by atoms with van der Waals surface area (Å²) >= 11 is 0. The summed E-state index contributed by atoms with van der Waals surface area (Å²) < 4.78 is 0. The van der Waals surface area contributed by atoms with Crippen LogP contribution < -0.4 is 0 Å². The van der Waals surface area contributed by atoms with Gasteiger partial charge in [-0.15, -0.1) is 0 Å². The highest BCUT2D eigenvalue weighted by atomic mass is 16.3. The highest BCUT2D eigenvalue weighted by Crippen LogP contribution is 2.44. The Hall–Kier alpha value is -1.42. The summed E-state index contributed by atoms with van der Waals surface area (Å²) in [6, 6.07) is 7.41. The zero-order chi connectivity index (χ0) is 11.3. The van der Waals surface area contributed by atoms with E-state index < -0.39 is 18.3 Å². The summed E-state index contributed by atoms with van der Waals surface area (Å²) in [6.07, 6.45) is 0.677. The first kappa shape index (κ1) is 9.78. The van der Waals surface area contributed by atoms with Crippen molar-refractivity contribution < 1.29 is 15.3 Å². The first-order chi connectivity index (χ1) is 7.70. The second-order valence-electron chi connectivity index (χ2n) is 4.15. The highest BCUT2D eigenvalue weighted by Gasteiger charge is 2.36. The van der Waals surface area contributed by atoms with Crippen LogP contribution in [0.2, 0.25) is 0 Å². The van der Waals surface area contributed by atoms with Crippen molar-refractivity contribution in [3.05, 3.63) is 53.1 Å². The molecule has 0 fully saturated rings. The maximum Gasteiger partial charge on any atom is 0.109 e. The minimum absolute atomic E-state index is 0.651. The molecule has 3 heteroatoms. The lowest BCUT2D eigenvalue weighted by atomic mass is 9.92. The smallest absolute Gasteiger partial charge is 0.109 e. The first-order valence-corrected chi connectivity index (χ1v) is 5.26. The number of rotatable bonds is 0. The molecule has 82 valence electrons. The van der Waals surface area contributed by atoms with Crippen LogP contribution in [-0.2, 0) is 0 Å². The Kier molecular flexibility index (Phi) is 2.01. The summed E-state index contributed by atoms with van der Waals surface area (Å²) in [7, 11) is 0. The summed E-state index contributed by atoms with van der Waals surface area (Å²) in [5.74, 6) is 0. The second-order valence-corrected chi connectivity index (χ2v) is 4.15. The molecule has 0 spiro atoms. The Bertz CT molecular complexity index is 502. The van der Waals surface area contributed by atoms with Gasteiger partial charge in [0.15, 0.2) is 0 Å². The van der Waals surface area contributed by atoms with Gasteiger partial charge in [0, 0.05) is 0 Å². The van der Waals surface area contributed by atoms with Crippen molar-refractivity contribution in [2.75, 3.05) is 0 Å². The van der Waals surface area contributed by atoms with Gasteiger partial charge >= 0.3 is 0 Å². The average Bonchev–Trinajstić information content (AvgIpc) is 2.59. The predicted molar refractivity (Wildman–Crippen MR) is 59.5 cm³/mol. The Morgan fingerprint density at radius 2 is 1.75 bits per heavy atom. The molecule has 2 aliphatic rings. The molecule has 16 heavy (non-hydrogen) atoms. The molecule has 3 nitrogen and oxygen atoms in total. The van der Waals surface area contributed by atoms with Crippen molar-refractivity contribution in [1.82, 2.24) is 0 Å². The van der Waals surface area contributed by atoms with Gasteiger partial charge in [0.1, 0.15) is 18.3 Å². The van der Waals surface area contributed by atoms with E-state index in [2.05, 4.69) is 0 Å². The van der Waals surface area contributed by atoms with Crippen molar-refractivity contribution in [3.8, 4) is 0 Å². The van der Waals surface area contributed by atoms with Gasteiger partial charge in [0.25, 0.3) is 0 Å². The molecule has 0 aliphatic heterocycles. The van der Waals surface area contributed by atoms with Crippen molar-refractivity contribution in [3.63, 3.8) is 0 Å². The normalized spacial score (nSPS) is 31.6. The van der Waals surface area contributed by atoms with Crippen LogP contribution in [-0.4, -0.2) is 27.5 Å². The molecular weight excluding hydrogens is 204 g/mol. The molecule has 3 N–H and O–H groups in total. The molecule has 1 aromatic carbocycles. The van der Waals surface area contributed by atoms with Crippen LogP contribution in [0.1, 0.15) is 17.2 Å². The van der Waals surface area contributed by atoms with Crippen molar-refractivity contribution >= 4 is 5.57 Å². The molecule has 3 atom stereocenters. The van der Waals surface area contributed by atoms with Crippen LogP contribution in [0.3, 0.4) is 0 Å². The maximum absolute atomic E-state index is 10.1. The summed E-state index contributed by atoms with van der Waals surface area (Å²) in [6.45, 7) is 0. The Balaban J connectivity index is 2.21. The van der Waals surface area contributed by atoms with E-state index in [1.165, 1.54) is 6.08 Å². The van der Waals surface area contributed by atoms with E-state index in [9.17, 15) is 15.3 Å². The minimum Gasteiger partial charge on any atom is -0.386 e. The quantitative estimate of drug-likeness (QED) is 0.600. The third kappa shape index (κ3) is 1.13. The molecule has 0 bridgehead atoms. The molecular formula is C13H12O3. The van der Waals surface area contributed by atoms with Gasteiger partial charge in [-0.2, -0.15) is 0 Å². The van der Waals surface area contributed by atoms with E-state index in [1.807, 2.05) is 24.3 Å². The molecule has 0 heterocycles. The third-order valence-electron chi connectivity index (χ3n) is 3.24. The van der Waals surface area contributed by atoms with Gasteiger partial charge in [0.05, 0.1) is 0 Å². The third-order valence-corrected chi connectivity index (χ3v) is 3.24. The summed E-state index contributed by atoms with van der Waals surface area (Å²) in [5.41, 5.74) is 2.98. The fraction of sp³-hybridized carbons (Fsp3) is 0.231. The van der Waals surface area contributed by atoms with Gasteiger partial charge in [-0.3, -0.25) is 0 Å². The van der Waals surface area contributed by atoms with Crippen LogP contribution in [0.15, 0.2) is 42.0 Å². The average molecular weight is 216 g/mol. The van der Waals surface area contributed by atoms with E-state index in [1.54, 1.807) is 6.08 Å². The standard InChI is InChI=1S/C13H12O3/c14-10-6-5-9-11(13(10)16)7-3-1-2-4-8(7)12(9)15/h1-6,10,12-16H/t10-,12-,13-/m0/s1.